The molecule has 0 radical (unpaired) electrons. The van der Waals surface area contributed by atoms with Crippen LogP contribution in [0.4, 0.5) is 11.4 Å². The molecule has 0 saturated heterocycles. The van der Waals surface area contributed by atoms with E-state index in [4.69, 9.17) is 16.3 Å². The van der Waals surface area contributed by atoms with E-state index in [0.717, 1.165) is 10.6 Å². The van der Waals surface area contributed by atoms with E-state index >= 15 is 0 Å². The van der Waals surface area contributed by atoms with Gasteiger partial charge in [0.2, 0.25) is 0 Å². The van der Waals surface area contributed by atoms with Gasteiger partial charge in [-0.1, -0.05) is 23.4 Å². The van der Waals surface area contributed by atoms with Crippen LogP contribution in [0.5, 0.6) is 5.75 Å². The second kappa shape index (κ2) is 7.77. The molecule has 1 aliphatic rings. The van der Waals surface area contributed by atoms with Crippen LogP contribution in [0.1, 0.15) is 20.7 Å². The lowest BCUT2D eigenvalue weighted by Crippen LogP contribution is -2.26. The molecule has 4 rings (SSSR count). The molecule has 0 fully saturated rings. The van der Waals surface area contributed by atoms with Crippen molar-refractivity contribution in [1.82, 2.24) is 4.98 Å². The van der Waals surface area contributed by atoms with Crippen LogP contribution in [-0.4, -0.2) is 31.0 Å². The lowest BCUT2D eigenvalue weighted by Gasteiger charge is -2.18. The van der Waals surface area contributed by atoms with Crippen LogP contribution in [0.2, 0.25) is 5.02 Å². The van der Waals surface area contributed by atoms with Gasteiger partial charge in [0.1, 0.15) is 10.8 Å². The van der Waals surface area contributed by atoms with E-state index in [2.05, 4.69) is 10.3 Å². The predicted molar refractivity (Wildman–Crippen MR) is 113 cm³/mol. The molecule has 1 aromatic heterocycles. The summed E-state index contributed by atoms with van der Waals surface area (Å²) in [4.78, 5) is 32.2. The Labute approximate surface area is 176 Å². The second-order valence-corrected chi connectivity index (χ2v) is 7.77. The van der Waals surface area contributed by atoms with Crippen molar-refractivity contribution < 1.29 is 14.3 Å². The molecular formula is C21H16ClN3O3S. The predicted octanol–water partition coefficient (Wildman–Crippen LogP) is 4.74. The minimum absolute atomic E-state index is 0.123. The summed E-state index contributed by atoms with van der Waals surface area (Å²) >= 11 is 7.36. The number of anilines is 2. The Morgan fingerprint density at radius 1 is 1.21 bits per heavy atom. The zero-order chi connectivity index (χ0) is 20.5. The van der Waals surface area contributed by atoms with E-state index in [1.165, 1.54) is 18.9 Å². The molecule has 146 valence electrons. The number of carbonyl (C=O) groups excluding carboxylic acids is 2. The van der Waals surface area contributed by atoms with Crippen LogP contribution in [0.25, 0.3) is 0 Å². The zero-order valence-electron chi connectivity index (χ0n) is 15.6. The van der Waals surface area contributed by atoms with Crippen molar-refractivity contribution in [1.29, 1.82) is 0 Å². The summed E-state index contributed by atoms with van der Waals surface area (Å²) in [7, 11) is 3.21. The molecule has 0 atom stereocenters. The molecule has 0 spiro atoms. The molecule has 2 heterocycles. The van der Waals surface area contributed by atoms with Gasteiger partial charge >= 0.3 is 0 Å². The molecule has 1 N–H and O–H groups in total. The van der Waals surface area contributed by atoms with Gasteiger partial charge in [-0.05, 0) is 48.5 Å². The summed E-state index contributed by atoms with van der Waals surface area (Å²) in [5, 5.41) is 3.99. The molecular weight excluding hydrogens is 410 g/mol. The van der Waals surface area contributed by atoms with Gasteiger partial charge in [-0.25, -0.2) is 4.98 Å². The maximum atomic E-state index is 12.7. The van der Waals surface area contributed by atoms with Crippen molar-refractivity contribution in [3.63, 3.8) is 0 Å². The Hall–Kier alpha value is -3.03. The normalized spacial score (nSPS) is 12.7. The highest BCUT2D eigenvalue weighted by atomic mass is 35.5. The van der Waals surface area contributed by atoms with Crippen molar-refractivity contribution in [3.05, 3.63) is 70.9 Å². The number of ether oxygens (including phenoxy) is 1. The van der Waals surface area contributed by atoms with Gasteiger partial charge < -0.3 is 15.0 Å². The number of amides is 2. The first-order chi connectivity index (χ1) is 14.0. The van der Waals surface area contributed by atoms with Crippen LogP contribution in [0.15, 0.2) is 64.6 Å². The number of methoxy groups -OCH3 is 1. The SMILES string of the molecule is COc1cc(Cl)ccc1C(=O)Nc1ccc2c(c1)Sc1ncccc1C(=O)N2C. The monoisotopic (exact) mass is 425 g/mol. The molecule has 29 heavy (non-hydrogen) atoms. The third-order valence-electron chi connectivity index (χ3n) is 4.50. The Morgan fingerprint density at radius 3 is 2.83 bits per heavy atom. The van der Waals surface area contributed by atoms with E-state index in [9.17, 15) is 9.59 Å². The van der Waals surface area contributed by atoms with Gasteiger partial charge in [-0.2, -0.15) is 0 Å². The van der Waals surface area contributed by atoms with Crippen LogP contribution >= 0.6 is 23.4 Å². The lowest BCUT2D eigenvalue weighted by molar-refractivity contribution is 0.0987. The Kier molecular flexibility index (Phi) is 5.17. The van der Waals surface area contributed by atoms with E-state index < -0.39 is 0 Å². The van der Waals surface area contributed by atoms with Crippen LogP contribution in [-0.2, 0) is 0 Å². The highest BCUT2D eigenvalue weighted by molar-refractivity contribution is 7.99. The number of rotatable bonds is 3. The first kappa shape index (κ1) is 19.3. The minimum atomic E-state index is -0.319. The van der Waals surface area contributed by atoms with Gasteiger partial charge in [0, 0.05) is 28.9 Å². The van der Waals surface area contributed by atoms with Crippen molar-refractivity contribution in [2.24, 2.45) is 0 Å². The molecule has 8 heteroatoms. The number of nitrogens with one attached hydrogen (secondary N) is 1. The average molecular weight is 426 g/mol. The number of pyridine rings is 1. The first-order valence-electron chi connectivity index (χ1n) is 8.68. The molecule has 1 aliphatic heterocycles. The molecule has 0 unspecified atom stereocenters. The lowest BCUT2D eigenvalue weighted by atomic mass is 10.1. The summed E-state index contributed by atoms with van der Waals surface area (Å²) in [5.41, 5.74) is 2.27. The molecule has 0 aliphatic carbocycles. The number of halogens is 1. The molecule has 2 amide bonds. The summed E-state index contributed by atoms with van der Waals surface area (Å²) < 4.78 is 5.26. The van der Waals surface area contributed by atoms with E-state index in [1.807, 2.05) is 6.07 Å². The number of hydrogen-bond donors (Lipinski definition) is 1. The van der Waals surface area contributed by atoms with Crippen molar-refractivity contribution in [2.45, 2.75) is 9.92 Å². The third kappa shape index (κ3) is 3.66. The van der Waals surface area contributed by atoms with E-state index in [0.29, 0.717) is 32.6 Å². The fourth-order valence-electron chi connectivity index (χ4n) is 3.03. The molecule has 3 aromatic rings. The molecule has 0 saturated carbocycles. The van der Waals surface area contributed by atoms with E-state index in [1.54, 1.807) is 60.6 Å². The standard InChI is InChI=1S/C21H16ClN3O3S/c1-25-16-8-6-13(24-19(26)14-7-5-12(22)10-17(14)28-2)11-18(16)29-20-15(21(25)27)4-3-9-23-20/h3-11H,1-2H3,(H,24,26). The first-order valence-corrected chi connectivity index (χ1v) is 9.87. The second-order valence-electron chi connectivity index (χ2n) is 6.30. The van der Waals surface area contributed by atoms with Gasteiger partial charge in [0.15, 0.2) is 0 Å². The Bertz CT molecular complexity index is 1140. The highest BCUT2D eigenvalue weighted by Crippen LogP contribution is 2.41. The topological polar surface area (TPSA) is 71.5 Å². The smallest absolute Gasteiger partial charge is 0.260 e. The third-order valence-corrected chi connectivity index (χ3v) is 5.80. The number of carbonyl (C=O) groups is 2. The zero-order valence-corrected chi connectivity index (χ0v) is 17.2. The van der Waals surface area contributed by atoms with Crippen molar-refractivity contribution >= 4 is 46.6 Å². The van der Waals surface area contributed by atoms with E-state index in [-0.39, 0.29) is 11.8 Å². The van der Waals surface area contributed by atoms with Gasteiger partial charge in [0.25, 0.3) is 11.8 Å². The molecule has 2 aromatic carbocycles. The molecule has 0 bridgehead atoms. The summed E-state index contributed by atoms with van der Waals surface area (Å²) in [6, 6.07) is 13.7. The highest BCUT2D eigenvalue weighted by Gasteiger charge is 2.26. The van der Waals surface area contributed by atoms with Crippen molar-refractivity contribution in [2.75, 3.05) is 24.4 Å². The quantitative estimate of drug-likeness (QED) is 0.656. The average Bonchev–Trinajstić information content (AvgIpc) is 2.82. The van der Waals surface area contributed by atoms with Gasteiger partial charge in [-0.3, -0.25) is 9.59 Å². The Balaban J connectivity index is 1.67. The van der Waals surface area contributed by atoms with Gasteiger partial charge in [0.05, 0.1) is 23.9 Å². The van der Waals surface area contributed by atoms with Gasteiger partial charge in [-0.15, -0.1) is 0 Å². The van der Waals surface area contributed by atoms with Crippen LogP contribution in [0.3, 0.4) is 0 Å². The number of fused-ring (bicyclic) bond motifs is 2. The van der Waals surface area contributed by atoms with Crippen LogP contribution in [0, 0.1) is 0 Å². The molecule has 6 nitrogen and oxygen atoms in total. The minimum Gasteiger partial charge on any atom is -0.496 e. The number of hydrogen-bond acceptors (Lipinski definition) is 5. The number of aromatic nitrogens is 1. The summed E-state index contributed by atoms with van der Waals surface area (Å²) in [6.07, 6.45) is 1.66. The summed E-state index contributed by atoms with van der Waals surface area (Å²) in [5.74, 6) is -0.0512. The Morgan fingerprint density at radius 2 is 2.03 bits per heavy atom. The maximum absolute atomic E-state index is 12.7. The fourth-order valence-corrected chi connectivity index (χ4v) is 4.28. The fraction of sp³-hybridized carbons (Fsp3) is 0.0952. The largest absolute Gasteiger partial charge is 0.496 e. The van der Waals surface area contributed by atoms with Crippen molar-refractivity contribution in [3.8, 4) is 5.75 Å². The number of nitrogens with zero attached hydrogens (tertiary/aromatic N) is 2. The maximum Gasteiger partial charge on any atom is 0.260 e. The number of benzene rings is 2. The van der Waals surface area contributed by atoms with Crippen LogP contribution < -0.4 is 15.0 Å². The summed E-state index contributed by atoms with van der Waals surface area (Å²) in [6.45, 7) is 0.